The standard InChI is InChI=1S/C10H19NO4S/c1-7-2-3-11-4-9(7)15-10-6-16(13,14)5-8(10)12/h7-12H,2-6H2,1H3. The summed E-state index contributed by atoms with van der Waals surface area (Å²) >= 11 is 0. The molecule has 2 saturated heterocycles. The number of piperidine rings is 1. The van der Waals surface area contributed by atoms with Gasteiger partial charge in [-0.2, -0.15) is 0 Å². The van der Waals surface area contributed by atoms with E-state index < -0.39 is 22.0 Å². The van der Waals surface area contributed by atoms with Crippen LogP contribution in [0.25, 0.3) is 0 Å². The Balaban J connectivity index is 1.94. The van der Waals surface area contributed by atoms with Gasteiger partial charge in [-0.05, 0) is 18.9 Å². The first kappa shape index (κ1) is 12.3. The van der Waals surface area contributed by atoms with Crippen molar-refractivity contribution in [1.29, 1.82) is 0 Å². The zero-order valence-corrected chi connectivity index (χ0v) is 10.2. The Morgan fingerprint density at radius 2 is 2.06 bits per heavy atom. The Bertz CT molecular complexity index is 343. The van der Waals surface area contributed by atoms with Crippen LogP contribution in [0.3, 0.4) is 0 Å². The van der Waals surface area contributed by atoms with Crippen molar-refractivity contribution in [1.82, 2.24) is 5.32 Å². The first-order chi connectivity index (χ1) is 7.48. The van der Waals surface area contributed by atoms with Gasteiger partial charge in [0.25, 0.3) is 0 Å². The molecule has 2 heterocycles. The molecule has 2 aliphatic heterocycles. The fourth-order valence-electron chi connectivity index (χ4n) is 2.29. The van der Waals surface area contributed by atoms with Gasteiger partial charge < -0.3 is 15.2 Å². The van der Waals surface area contributed by atoms with Crippen LogP contribution in [-0.2, 0) is 14.6 Å². The van der Waals surface area contributed by atoms with Crippen LogP contribution in [0, 0.1) is 5.92 Å². The average Bonchev–Trinajstić information content (AvgIpc) is 2.44. The Kier molecular flexibility index (Phi) is 3.53. The van der Waals surface area contributed by atoms with Crippen LogP contribution >= 0.6 is 0 Å². The molecule has 0 aliphatic carbocycles. The lowest BCUT2D eigenvalue weighted by molar-refractivity contribution is -0.0778. The van der Waals surface area contributed by atoms with Gasteiger partial charge in [0.2, 0.25) is 0 Å². The lowest BCUT2D eigenvalue weighted by Crippen LogP contribution is -2.45. The molecule has 0 radical (unpaired) electrons. The second-order valence-corrected chi connectivity index (χ2v) is 6.98. The quantitative estimate of drug-likeness (QED) is 0.667. The van der Waals surface area contributed by atoms with E-state index in [-0.39, 0.29) is 17.6 Å². The summed E-state index contributed by atoms with van der Waals surface area (Å²) in [6.45, 7) is 3.82. The van der Waals surface area contributed by atoms with E-state index in [9.17, 15) is 13.5 Å². The molecule has 2 N–H and O–H groups in total. The van der Waals surface area contributed by atoms with Crippen molar-refractivity contribution >= 4 is 9.84 Å². The highest BCUT2D eigenvalue weighted by molar-refractivity contribution is 7.91. The number of hydrogen-bond acceptors (Lipinski definition) is 5. The normalized spacial score (nSPS) is 43.4. The monoisotopic (exact) mass is 249 g/mol. The third-order valence-electron chi connectivity index (χ3n) is 3.38. The molecular weight excluding hydrogens is 230 g/mol. The van der Waals surface area contributed by atoms with Crippen molar-refractivity contribution in [2.45, 2.75) is 31.7 Å². The SMILES string of the molecule is CC1CCNCC1OC1CS(=O)(=O)CC1O. The molecule has 2 fully saturated rings. The Morgan fingerprint density at radius 1 is 1.31 bits per heavy atom. The molecular formula is C10H19NO4S. The molecule has 5 nitrogen and oxygen atoms in total. The van der Waals surface area contributed by atoms with Gasteiger partial charge in [0.05, 0.1) is 29.8 Å². The fourth-order valence-corrected chi connectivity index (χ4v) is 3.97. The van der Waals surface area contributed by atoms with Crippen molar-refractivity contribution in [3.8, 4) is 0 Å². The van der Waals surface area contributed by atoms with Crippen LogP contribution in [0.2, 0.25) is 0 Å². The minimum absolute atomic E-state index is 0.0155. The zero-order valence-electron chi connectivity index (χ0n) is 9.43. The molecule has 6 heteroatoms. The molecule has 16 heavy (non-hydrogen) atoms. The van der Waals surface area contributed by atoms with Crippen molar-refractivity contribution in [2.75, 3.05) is 24.6 Å². The van der Waals surface area contributed by atoms with Crippen LogP contribution in [0.4, 0.5) is 0 Å². The van der Waals surface area contributed by atoms with Crippen LogP contribution < -0.4 is 5.32 Å². The van der Waals surface area contributed by atoms with Gasteiger partial charge >= 0.3 is 0 Å². The summed E-state index contributed by atoms with van der Waals surface area (Å²) in [5.74, 6) is 0.209. The van der Waals surface area contributed by atoms with Crippen molar-refractivity contribution in [3.63, 3.8) is 0 Å². The second-order valence-electron chi connectivity index (χ2n) is 4.83. The largest absolute Gasteiger partial charge is 0.389 e. The maximum absolute atomic E-state index is 11.3. The van der Waals surface area contributed by atoms with Crippen LogP contribution in [0.15, 0.2) is 0 Å². The molecule has 0 amide bonds. The summed E-state index contributed by atoms with van der Waals surface area (Å²) < 4.78 is 28.4. The lowest BCUT2D eigenvalue weighted by atomic mass is 9.97. The average molecular weight is 249 g/mol. The van der Waals surface area contributed by atoms with Gasteiger partial charge in [-0.1, -0.05) is 6.92 Å². The minimum Gasteiger partial charge on any atom is -0.389 e. The van der Waals surface area contributed by atoms with Gasteiger partial charge in [-0.3, -0.25) is 0 Å². The first-order valence-corrected chi connectivity index (χ1v) is 7.55. The highest BCUT2D eigenvalue weighted by Gasteiger charge is 2.39. The summed E-state index contributed by atoms with van der Waals surface area (Å²) in [7, 11) is -3.11. The van der Waals surface area contributed by atoms with Gasteiger partial charge in [0.1, 0.15) is 0 Å². The number of hydrogen-bond donors (Lipinski definition) is 2. The van der Waals surface area contributed by atoms with Gasteiger partial charge in [-0.15, -0.1) is 0 Å². The molecule has 94 valence electrons. The van der Waals surface area contributed by atoms with E-state index >= 15 is 0 Å². The summed E-state index contributed by atoms with van der Waals surface area (Å²) in [5, 5.41) is 12.8. The molecule has 2 aliphatic rings. The molecule has 4 atom stereocenters. The van der Waals surface area contributed by atoms with Crippen LogP contribution in [0.1, 0.15) is 13.3 Å². The molecule has 4 unspecified atom stereocenters. The minimum atomic E-state index is -3.11. The number of sulfone groups is 1. The van der Waals surface area contributed by atoms with E-state index in [4.69, 9.17) is 4.74 Å². The molecule has 0 aromatic heterocycles. The van der Waals surface area contributed by atoms with E-state index in [1.165, 1.54) is 0 Å². The number of aliphatic hydroxyl groups is 1. The van der Waals surface area contributed by atoms with Crippen LogP contribution in [-0.4, -0.2) is 56.4 Å². The Morgan fingerprint density at radius 3 is 2.62 bits per heavy atom. The maximum Gasteiger partial charge on any atom is 0.155 e. The van der Waals surface area contributed by atoms with Gasteiger partial charge in [0.15, 0.2) is 9.84 Å². The summed E-state index contributed by atoms with van der Waals surface area (Å²) in [4.78, 5) is 0. The molecule has 0 spiro atoms. The van der Waals surface area contributed by atoms with E-state index in [0.717, 1.165) is 19.5 Å². The fraction of sp³-hybridized carbons (Fsp3) is 1.00. The highest BCUT2D eigenvalue weighted by Crippen LogP contribution is 2.22. The topological polar surface area (TPSA) is 75.6 Å². The summed E-state index contributed by atoms with van der Waals surface area (Å²) in [6.07, 6.45) is -0.363. The first-order valence-electron chi connectivity index (χ1n) is 5.72. The molecule has 0 aromatic rings. The third kappa shape index (κ3) is 2.74. The van der Waals surface area contributed by atoms with E-state index in [0.29, 0.717) is 5.92 Å². The zero-order chi connectivity index (χ0) is 11.8. The molecule has 0 saturated carbocycles. The molecule has 2 rings (SSSR count). The number of ether oxygens (including phenoxy) is 1. The van der Waals surface area contributed by atoms with Crippen LogP contribution in [0.5, 0.6) is 0 Å². The molecule has 0 aromatic carbocycles. The Labute approximate surface area is 96.1 Å². The summed E-state index contributed by atoms with van der Waals surface area (Å²) in [6, 6.07) is 0. The Hall–Kier alpha value is -0.170. The highest BCUT2D eigenvalue weighted by atomic mass is 32.2. The van der Waals surface area contributed by atoms with E-state index in [1.807, 2.05) is 0 Å². The van der Waals surface area contributed by atoms with E-state index in [1.54, 1.807) is 0 Å². The second kappa shape index (κ2) is 4.60. The van der Waals surface area contributed by atoms with Gasteiger partial charge in [0, 0.05) is 6.54 Å². The molecule has 0 bridgehead atoms. The number of nitrogens with one attached hydrogen (secondary N) is 1. The van der Waals surface area contributed by atoms with Gasteiger partial charge in [-0.25, -0.2) is 8.42 Å². The van der Waals surface area contributed by atoms with E-state index in [2.05, 4.69) is 12.2 Å². The third-order valence-corrected chi connectivity index (χ3v) is 5.06. The smallest absolute Gasteiger partial charge is 0.155 e. The number of aliphatic hydroxyl groups excluding tert-OH is 1. The van der Waals surface area contributed by atoms with Crippen molar-refractivity contribution in [3.05, 3.63) is 0 Å². The predicted octanol–water partition coefficient (Wildman–Crippen LogP) is -0.841. The maximum atomic E-state index is 11.3. The lowest BCUT2D eigenvalue weighted by Gasteiger charge is -2.32. The summed E-state index contributed by atoms with van der Waals surface area (Å²) in [5.41, 5.74) is 0. The predicted molar refractivity (Wildman–Crippen MR) is 60.0 cm³/mol. The van der Waals surface area contributed by atoms with Crippen molar-refractivity contribution < 1.29 is 18.3 Å². The number of rotatable bonds is 2. The van der Waals surface area contributed by atoms with Crippen molar-refractivity contribution in [2.24, 2.45) is 5.92 Å².